The molecule has 1 heterocycles. The normalized spacial score (nSPS) is 16.1. The van der Waals surface area contributed by atoms with Crippen LogP contribution < -0.4 is 10.6 Å². The van der Waals surface area contributed by atoms with Crippen LogP contribution in [0.25, 0.3) is 0 Å². The third-order valence-electron chi connectivity index (χ3n) is 6.02. The third kappa shape index (κ3) is 7.66. The predicted molar refractivity (Wildman–Crippen MR) is 127 cm³/mol. The molecule has 0 bridgehead atoms. The van der Waals surface area contributed by atoms with Crippen molar-refractivity contribution in [1.29, 1.82) is 0 Å². The molecule has 5 heteroatoms. The number of piperidine rings is 1. The molecule has 1 aliphatic rings. The molecule has 1 aliphatic heterocycles. The van der Waals surface area contributed by atoms with Gasteiger partial charge in [0.1, 0.15) is 0 Å². The van der Waals surface area contributed by atoms with Crippen molar-refractivity contribution >= 4 is 11.9 Å². The Morgan fingerprint density at radius 1 is 1.13 bits per heavy atom. The van der Waals surface area contributed by atoms with Crippen LogP contribution in [-0.2, 0) is 11.2 Å². The van der Waals surface area contributed by atoms with Crippen molar-refractivity contribution in [2.45, 2.75) is 72.8 Å². The maximum Gasteiger partial charge on any atom is 0.225 e. The van der Waals surface area contributed by atoms with Crippen molar-refractivity contribution < 1.29 is 4.79 Å². The van der Waals surface area contributed by atoms with Gasteiger partial charge in [0.2, 0.25) is 5.91 Å². The molecule has 1 aromatic rings. The molecule has 30 heavy (non-hydrogen) atoms. The lowest BCUT2D eigenvalue weighted by atomic mass is 9.86. The summed E-state index contributed by atoms with van der Waals surface area (Å²) in [7, 11) is 0. The molecule has 2 rings (SSSR count). The van der Waals surface area contributed by atoms with Crippen molar-refractivity contribution in [2.75, 3.05) is 26.2 Å². The highest BCUT2D eigenvalue weighted by atomic mass is 16.2. The Bertz CT molecular complexity index is 659. The molecule has 168 valence electrons. The topological polar surface area (TPSA) is 56.7 Å². The summed E-state index contributed by atoms with van der Waals surface area (Å²) < 4.78 is 0. The van der Waals surface area contributed by atoms with Crippen LogP contribution >= 0.6 is 0 Å². The molecule has 0 spiro atoms. The molecule has 0 saturated carbocycles. The van der Waals surface area contributed by atoms with Gasteiger partial charge in [-0.15, -0.1) is 0 Å². The van der Waals surface area contributed by atoms with Gasteiger partial charge >= 0.3 is 0 Å². The lowest BCUT2D eigenvalue weighted by Gasteiger charge is -2.35. The van der Waals surface area contributed by atoms with E-state index in [9.17, 15) is 4.79 Å². The Hall–Kier alpha value is -2.04. The van der Waals surface area contributed by atoms with Gasteiger partial charge in [-0.1, -0.05) is 58.0 Å². The number of nitrogens with zero attached hydrogens (tertiary/aromatic N) is 2. The van der Waals surface area contributed by atoms with E-state index in [0.717, 1.165) is 64.2 Å². The highest BCUT2D eigenvalue weighted by molar-refractivity contribution is 5.80. The Morgan fingerprint density at radius 2 is 1.77 bits per heavy atom. The highest BCUT2D eigenvalue weighted by Crippen LogP contribution is 2.22. The fourth-order valence-corrected chi connectivity index (χ4v) is 4.15. The zero-order valence-electron chi connectivity index (χ0n) is 19.7. The Balaban J connectivity index is 1.88. The highest BCUT2D eigenvalue weighted by Gasteiger charge is 2.27. The number of guanidine groups is 1. The number of amides is 1. The number of hydrogen-bond donors (Lipinski definition) is 2. The predicted octanol–water partition coefficient (Wildman–Crippen LogP) is 4.24. The molecule has 0 aromatic heterocycles. The van der Waals surface area contributed by atoms with E-state index in [2.05, 4.69) is 80.5 Å². The molecule has 1 aromatic carbocycles. The quantitative estimate of drug-likeness (QED) is 0.469. The van der Waals surface area contributed by atoms with Gasteiger partial charge in [0.05, 0.1) is 0 Å². The van der Waals surface area contributed by atoms with Gasteiger partial charge in [-0.2, -0.15) is 0 Å². The number of likely N-dealkylation sites (tertiary alicyclic amines) is 1. The first-order chi connectivity index (χ1) is 14.4. The second kappa shape index (κ2) is 12.0. The smallest absolute Gasteiger partial charge is 0.225 e. The standard InChI is InChI=1S/C25H42N4O/c1-6-21(7-2)23(30)29-16-14-22(15-17-29)28-24(26-8-3)27-19-25(4,5)18-20-12-10-9-11-13-20/h9-13,21-22H,6-8,14-19H2,1-5H3,(H2,26,27,28). The van der Waals surface area contributed by atoms with Crippen molar-refractivity contribution in [2.24, 2.45) is 16.3 Å². The molecular weight excluding hydrogens is 372 g/mol. The number of hydrogen-bond acceptors (Lipinski definition) is 2. The Labute approximate surface area is 183 Å². The van der Waals surface area contributed by atoms with Crippen molar-refractivity contribution in [1.82, 2.24) is 15.5 Å². The maximum absolute atomic E-state index is 12.6. The second-order valence-electron chi connectivity index (χ2n) is 9.28. The average Bonchev–Trinajstić information content (AvgIpc) is 2.74. The fourth-order valence-electron chi connectivity index (χ4n) is 4.15. The Morgan fingerprint density at radius 3 is 2.33 bits per heavy atom. The molecule has 1 amide bonds. The first-order valence-electron chi connectivity index (χ1n) is 11.8. The second-order valence-corrected chi connectivity index (χ2v) is 9.28. The van der Waals surface area contributed by atoms with E-state index < -0.39 is 0 Å². The van der Waals surface area contributed by atoms with Crippen molar-refractivity contribution in [3.63, 3.8) is 0 Å². The summed E-state index contributed by atoms with van der Waals surface area (Å²) in [6.45, 7) is 14.2. The number of carbonyl (C=O) groups excluding carboxylic acids is 1. The first kappa shape index (κ1) is 24.2. The zero-order chi connectivity index (χ0) is 22.0. The molecule has 1 saturated heterocycles. The number of carbonyl (C=O) groups is 1. The van der Waals surface area contributed by atoms with Gasteiger partial charge in [-0.3, -0.25) is 9.79 Å². The van der Waals surface area contributed by atoms with Gasteiger partial charge in [-0.05, 0) is 50.0 Å². The minimum Gasteiger partial charge on any atom is -0.357 e. The fraction of sp³-hybridized carbons (Fsp3) is 0.680. The average molecular weight is 415 g/mol. The Kier molecular flexibility index (Phi) is 9.67. The third-order valence-corrected chi connectivity index (χ3v) is 6.02. The SMILES string of the molecule is CCNC(=NCC(C)(C)Cc1ccccc1)NC1CCN(C(=O)C(CC)CC)CC1. The largest absolute Gasteiger partial charge is 0.357 e. The van der Waals surface area contributed by atoms with E-state index in [0.29, 0.717) is 11.9 Å². The van der Waals surface area contributed by atoms with E-state index in [4.69, 9.17) is 4.99 Å². The molecule has 0 radical (unpaired) electrons. The van der Waals surface area contributed by atoms with Gasteiger partial charge in [0, 0.05) is 38.1 Å². The molecule has 0 unspecified atom stereocenters. The van der Waals surface area contributed by atoms with Crippen molar-refractivity contribution in [3.8, 4) is 0 Å². The minimum atomic E-state index is 0.0921. The molecule has 1 fully saturated rings. The van der Waals surface area contributed by atoms with Gasteiger partial charge in [0.15, 0.2) is 5.96 Å². The summed E-state index contributed by atoms with van der Waals surface area (Å²) in [4.78, 5) is 19.6. The van der Waals surface area contributed by atoms with Crippen LogP contribution in [-0.4, -0.2) is 49.0 Å². The number of rotatable bonds is 9. The first-order valence-corrected chi connectivity index (χ1v) is 11.8. The lowest BCUT2D eigenvalue weighted by molar-refractivity contribution is -0.136. The molecule has 0 aliphatic carbocycles. The summed E-state index contributed by atoms with van der Waals surface area (Å²) in [5.41, 5.74) is 1.44. The summed E-state index contributed by atoms with van der Waals surface area (Å²) in [5.74, 6) is 1.41. The summed E-state index contributed by atoms with van der Waals surface area (Å²) in [6.07, 6.45) is 4.83. The van der Waals surface area contributed by atoms with Gasteiger partial charge in [-0.25, -0.2) is 0 Å². The van der Waals surface area contributed by atoms with Crippen LogP contribution in [0.4, 0.5) is 0 Å². The van der Waals surface area contributed by atoms with E-state index >= 15 is 0 Å². The van der Waals surface area contributed by atoms with E-state index in [1.54, 1.807) is 0 Å². The lowest BCUT2D eigenvalue weighted by Crippen LogP contribution is -2.50. The zero-order valence-corrected chi connectivity index (χ0v) is 19.7. The van der Waals surface area contributed by atoms with E-state index in [1.807, 2.05) is 0 Å². The van der Waals surface area contributed by atoms with E-state index in [1.165, 1.54) is 5.56 Å². The van der Waals surface area contributed by atoms with Gasteiger partial charge in [0.25, 0.3) is 0 Å². The van der Waals surface area contributed by atoms with Crippen molar-refractivity contribution in [3.05, 3.63) is 35.9 Å². The summed E-state index contributed by atoms with van der Waals surface area (Å²) >= 11 is 0. The van der Waals surface area contributed by atoms with Crippen LogP contribution in [0, 0.1) is 11.3 Å². The van der Waals surface area contributed by atoms with Crippen LogP contribution in [0.15, 0.2) is 35.3 Å². The molecular formula is C25H42N4O. The number of aliphatic imine (C=N–C) groups is 1. The van der Waals surface area contributed by atoms with Crippen LogP contribution in [0.2, 0.25) is 0 Å². The van der Waals surface area contributed by atoms with Crippen LogP contribution in [0.1, 0.15) is 65.9 Å². The molecule has 5 nitrogen and oxygen atoms in total. The van der Waals surface area contributed by atoms with Crippen LogP contribution in [0.3, 0.4) is 0 Å². The molecule has 0 atom stereocenters. The van der Waals surface area contributed by atoms with Crippen LogP contribution in [0.5, 0.6) is 0 Å². The maximum atomic E-state index is 12.6. The number of nitrogens with one attached hydrogen (secondary N) is 2. The summed E-state index contributed by atoms with van der Waals surface area (Å²) in [6, 6.07) is 11.0. The minimum absolute atomic E-state index is 0.0921. The monoisotopic (exact) mass is 414 g/mol. The molecule has 2 N–H and O–H groups in total. The van der Waals surface area contributed by atoms with E-state index in [-0.39, 0.29) is 11.3 Å². The summed E-state index contributed by atoms with van der Waals surface area (Å²) in [5, 5.41) is 7.01. The van der Waals surface area contributed by atoms with Gasteiger partial charge < -0.3 is 15.5 Å². The number of benzene rings is 1.